The fourth-order valence-electron chi connectivity index (χ4n) is 4.09. The monoisotopic (exact) mass is 419 g/mol. The van der Waals surface area contributed by atoms with Gasteiger partial charge in [0.2, 0.25) is 5.95 Å². The molecule has 1 aliphatic rings. The molecule has 0 saturated carbocycles. The molecule has 1 aliphatic heterocycles. The van der Waals surface area contributed by atoms with E-state index >= 15 is 0 Å². The molecule has 1 fully saturated rings. The summed E-state index contributed by atoms with van der Waals surface area (Å²) >= 11 is 0. The van der Waals surface area contributed by atoms with Gasteiger partial charge in [0, 0.05) is 50.8 Å². The van der Waals surface area contributed by atoms with E-state index in [0.717, 1.165) is 49.9 Å². The fourth-order valence-corrected chi connectivity index (χ4v) is 4.09. The van der Waals surface area contributed by atoms with Gasteiger partial charge in [0.25, 0.3) is 5.91 Å². The Hall–Kier alpha value is -3.48. The van der Waals surface area contributed by atoms with Crippen molar-refractivity contribution >= 4 is 28.4 Å². The summed E-state index contributed by atoms with van der Waals surface area (Å²) in [5.41, 5.74) is 4.82. The highest BCUT2D eigenvalue weighted by molar-refractivity contribution is 5.92. The van der Waals surface area contributed by atoms with Gasteiger partial charge in [-0.3, -0.25) is 10.0 Å². The normalized spacial score (nSPS) is 14.5. The molecule has 1 aromatic carbocycles. The molecule has 2 aromatic heterocycles. The molecule has 4 rings (SSSR count). The number of carbonyl (C=O) groups is 1. The number of anilines is 1. The number of carbonyl (C=O) groups excluding carboxylic acids is 1. The van der Waals surface area contributed by atoms with Crippen molar-refractivity contribution in [3.8, 4) is 0 Å². The molecule has 3 N–H and O–H groups in total. The van der Waals surface area contributed by atoms with Crippen LogP contribution in [0, 0.1) is 12.5 Å². The summed E-state index contributed by atoms with van der Waals surface area (Å²) in [4.78, 5) is 25.5. The minimum Gasteiger partial charge on any atom is -0.350 e. The highest BCUT2D eigenvalue weighted by atomic mass is 16.5. The second-order valence-corrected chi connectivity index (χ2v) is 7.85. The Morgan fingerprint density at radius 1 is 1.29 bits per heavy atom. The number of amides is 1. The van der Waals surface area contributed by atoms with E-state index in [2.05, 4.69) is 35.8 Å². The second kappa shape index (κ2) is 9.12. The topological polar surface area (TPSA) is 99.7 Å². The van der Waals surface area contributed by atoms with Gasteiger partial charge < -0.3 is 14.8 Å². The van der Waals surface area contributed by atoms with E-state index < -0.39 is 5.91 Å². The van der Waals surface area contributed by atoms with Crippen LogP contribution < -0.4 is 15.7 Å². The maximum atomic E-state index is 11.4. The quantitative estimate of drug-likeness (QED) is 0.323. The molecular weight excluding hydrogens is 394 g/mol. The molecule has 31 heavy (non-hydrogen) atoms. The van der Waals surface area contributed by atoms with Crippen molar-refractivity contribution in [1.29, 1.82) is 0 Å². The van der Waals surface area contributed by atoms with Crippen molar-refractivity contribution in [3.05, 3.63) is 59.3 Å². The Morgan fingerprint density at radius 2 is 2.03 bits per heavy atom. The molecule has 0 aliphatic carbocycles. The van der Waals surface area contributed by atoms with Gasteiger partial charge in [-0.1, -0.05) is 6.07 Å². The average Bonchev–Trinajstić information content (AvgIpc) is 3.13. The summed E-state index contributed by atoms with van der Waals surface area (Å²) in [6.07, 6.45) is 7.04. The Morgan fingerprint density at radius 3 is 2.71 bits per heavy atom. The summed E-state index contributed by atoms with van der Waals surface area (Å²) < 4.78 is 2.11. The third-order valence-electron chi connectivity index (χ3n) is 5.83. The van der Waals surface area contributed by atoms with Gasteiger partial charge in [-0.15, -0.1) is 0 Å². The number of benzene rings is 1. The lowest BCUT2D eigenvalue weighted by Gasteiger charge is -2.32. The Balaban J connectivity index is 1.29. The van der Waals surface area contributed by atoms with Gasteiger partial charge in [0.1, 0.15) is 0 Å². The molecule has 0 atom stereocenters. The molecule has 3 aromatic rings. The maximum Gasteiger partial charge on any atom is 0.277 e. The minimum absolute atomic E-state index is 0.224. The van der Waals surface area contributed by atoms with E-state index in [4.69, 9.17) is 11.8 Å². The number of fused-ring (bicyclic) bond motifs is 1. The van der Waals surface area contributed by atoms with Crippen molar-refractivity contribution in [2.24, 2.45) is 13.0 Å². The van der Waals surface area contributed by atoms with E-state index in [-0.39, 0.29) is 5.56 Å². The number of nitrogens with one attached hydrogen (secondary N) is 2. The summed E-state index contributed by atoms with van der Waals surface area (Å²) in [7, 11) is 2.03. The lowest BCUT2D eigenvalue weighted by atomic mass is 9.97. The minimum atomic E-state index is -0.618. The third-order valence-corrected chi connectivity index (χ3v) is 5.83. The molecule has 0 radical (unpaired) electrons. The van der Waals surface area contributed by atoms with Crippen LogP contribution in [-0.2, 0) is 13.6 Å². The Labute approximate surface area is 180 Å². The zero-order chi connectivity index (χ0) is 21.8. The van der Waals surface area contributed by atoms with Crippen molar-refractivity contribution < 1.29 is 10.0 Å². The molecule has 0 spiro atoms. The first-order valence-electron chi connectivity index (χ1n) is 10.3. The molecule has 1 saturated heterocycles. The van der Waals surface area contributed by atoms with Gasteiger partial charge in [-0.25, -0.2) is 20.3 Å². The number of rotatable bonds is 6. The SMILES string of the molecule is [C-]#[N+]c1ccc2c(c1)c(CNCC1CCN(c3ncc(C(=O)NO)cn3)CC1)cn2C. The van der Waals surface area contributed by atoms with Crippen molar-refractivity contribution in [3.63, 3.8) is 0 Å². The molecule has 1 amide bonds. The van der Waals surface area contributed by atoms with E-state index in [1.165, 1.54) is 18.0 Å². The fraction of sp³-hybridized carbons (Fsp3) is 0.364. The second-order valence-electron chi connectivity index (χ2n) is 7.85. The first-order chi connectivity index (χ1) is 15.1. The number of piperidine rings is 1. The van der Waals surface area contributed by atoms with Crippen LogP contribution in [0.2, 0.25) is 0 Å². The molecular formula is C22H25N7O2. The standard InChI is InChI=1S/C22H25N7O2/c1-23-18-3-4-20-19(9-18)17(14-28(20)2)11-24-10-15-5-7-29(8-6-15)22-25-12-16(13-26-22)21(30)27-31/h3-4,9,12-15,24,31H,5-8,10-11H2,2H3,(H,27,30). The number of hydrogen-bond donors (Lipinski definition) is 3. The summed E-state index contributed by atoms with van der Waals surface area (Å²) in [5.74, 6) is 0.560. The number of aryl methyl sites for hydroxylation is 1. The van der Waals surface area contributed by atoms with Gasteiger partial charge >= 0.3 is 0 Å². The van der Waals surface area contributed by atoms with Crippen LogP contribution in [0.4, 0.5) is 11.6 Å². The van der Waals surface area contributed by atoms with Crippen molar-refractivity contribution in [1.82, 2.24) is 25.3 Å². The Bertz CT molecular complexity index is 1110. The van der Waals surface area contributed by atoms with Crippen molar-refractivity contribution in [2.75, 3.05) is 24.5 Å². The van der Waals surface area contributed by atoms with Crippen LogP contribution >= 0.6 is 0 Å². The number of hydrogen-bond acceptors (Lipinski definition) is 6. The zero-order valence-electron chi connectivity index (χ0n) is 17.4. The van der Waals surface area contributed by atoms with Crippen LogP contribution in [0.1, 0.15) is 28.8 Å². The van der Waals surface area contributed by atoms with Crippen LogP contribution in [0.3, 0.4) is 0 Å². The largest absolute Gasteiger partial charge is 0.350 e. The number of nitrogens with zero attached hydrogens (tertiary/aromatic N) is 5. The number of aromatic nitrogens is 3. The van der Waals surface area contributed by atoms with Crippen LogP contribution in [0.15, 0.2) is 36.8 Å². The first kappa shape index (κ1) is 20.8. The van der Waals surface area contributed by atoms with Gasteiger partial charge in [-0.05, 0) is 48.4 Å². The van der Waals surface area contributed by atoms with E-state index in [1.807, 2.05) is 25.2 Å². The molecule has 160 valence electrons. The first-order valence-corrected chi connectivity index (χ1v) is 10.3. The van der Waals surface area contributed by atoms with E-state index in [0.29, 0.717) is 17.6 Å². The van der Waals surface area contributed by atoms with E-state index in [9.17, 15) is 4.79 Å². The van der Waals surface area contributed by atoms with Crippen LogP contribution in [0.25, 0.3) is 15.7 Å². The smallest absolute Gasteiger partial charge is 0.277 e. The summed E-state index contributed by atoms with van der Waals surface area (Å²) in [5, 5.41) is 13.4. The van der Waals surface area contributed by atoms with Crippen molar-refractivity contribution in [2.45, 2.75) is 19.4 Å². The van der Waals surface area contributed by atoms with Gasteiger partial charge in [0.05, 0.1) is 12.1 Å². The molecule has 3 heterocycles. The lowest BCUT2D eigenvalue weighted by molar-refractivity contribution is 0.0705. The van der Waals surface area contributed by atoms with Crippen LogP contribution in [0.5, 0.6) is 0 Å². The molecule has 0 unspecified atom stereocenters. The summed E-state index contributed by atoms with van der Waals surface area (Å²) in [6.45, 7) is 10.7. The average molecular weight is 419 g/mol. The molecule has 0 bridgehead atoms. The predicted octanol–water partition coefficient (Wildman–Crippen LogP) is 2.64. The molecule has 9 nitrogen and oxygen atoms in total. The van der Waals surface area contributed by atoms with Gasteiger partial charge in [-0.2, -0.15) is 0 Å². The highest BCUT2D eigenvalue weighted by Crippen LogP contribution is 2.26. The maximum absolute atomic E-state index is 11.4. The van der Waals surface area contributed by atoms with Gasteiger partial charge in [0.15, 0.2) is 5.69 Å². The van der Waals surface area contributed by atoms with E-state index in [1.54, 1.807) is 5.48 Å². The highest BCUT2D eigenvalue weighted by Gasteiger charge is 2.21. The zero-order valence-corrected chi connectivity index (χ0v) is 17.4. The lowest BCUT2D eigenvalue weighted by Crippen LogP contribution is -2.38. The predicted molar refractivity (Wildman–Crippen MR) is 117 cm³/mol. The Kier molecular flexibility index (Phi) is 6.11. The molecule has 9 heteroatoms. The van der Waals surface area contributed by atoms with Crippen LogP contribution in [-0.4, -0.2) is 45.3 Å². The summed E-state index contributed by atoms with van der Waals surface area (Å²) in [6, 6.07) is 5.83. The third kappa shape index (κ3) is 4.50. The number of hydroxylamine groups is 1.